The molecule has 2 atom stereocenters. The second-order valence-electron chi connectivity index (χ2n) is 9.86. The largest absolute Gasteiger partial charge is 0.496 e. The number of ether oxygens (including phenoxy) is 1. The van der Waals surface area contributed by atoms with Crippen LogP contribution in [0, 0.1) is 12.3 Å². The van der Waals surface area contributed by atoms with Crippen LogP contribution < -0.4 is 4.74 Å². The monoisotopic (exact) mass is 402 g/mol. The average molecular weight is 403 g/mol. The van der Waals surface area contributed by atoms with E-state index in [-0.39, 0.29) is 22.8 Å². The van der Waals surface area contributed by atoms with E-state index in [0.717, 1.165) is 53.9 Å². The number of amides is 1. The maximum atomic E-state index is 13.6. The van der Waals surface area contributed by atoms with Crippen LogP contribution in [0.25, 0.3) is 0 Å². The van der Waals surface area contributed by atoms with Gasteiger partial charge in [-0.25, -0.2) is 0 Å². The molecule has 0 radical (unpaired) electrons. The third kappa shape index (κ3) is 2.52. The molecule has 2 heterocycles. The lowest BCUT2D eigenvalue weighted by Gasteiger charge is -2.61. The van der Waals surface area contributed by atoms with Gasteiger partial charge in [0.05, 0.1) is 12.8 Å². The van der Waals surface area contributed by atoms with Gasteiger partial charge in [0.25, 0.3) is 5.91 Å². The zero-order chi connectivity index (χ0) is 21.3. The summed E-state index contributed by atoms with van der Waals surface area (Å²) >= 11 is 0. The molecule has 0 aromatic heterocycles. The van der Waals surface area contributed by atoms with Crippen molar-refractivity contribution in [2.75, 3.05) is 13.7 Å². The van der Waals surface area contributed by atoms with E-state index in [2.05, 4.69) is 49.7 Å². The number of rotatable bonds is 2. The Balaban J connectivity index is 1.55. The SMILES string of the molecule is COc1cc2c(cc1C)C[C@@H]1N(C(=O)c3ccc4c(c3)CC=N4)CC[C@@]2(C)C1(C)C. The molecule has 0 saturated carbocycles. The Morgan fingerprint density at radius 1 is 1.17 bits per heavy atom. The molecule has 1 saturated heterocycles. The first kappa shape index (κ1) is 19.3. The van der Waals surface area contributed by atoms with E-state index in [4.69, 9.17) is 4.74 Å². The number of hydrogen-bond acceptors (Lipinski definition) is 3. The summed E-state index contributed by atoms with van der Waals surface area (Å²) in [4.78, 5) is 20.2. The highest BCUT2D eigenvalue weighted by Crippen LogP contribution is 2.57. The van der Waals surface area contributed by atoms with Gasteiger partial charge in [0.2, 0.25) is 0 Å². The van der Waals surface area contributed by atoms with Crippen molar-refractivity contribution in [3.63, 3.8) is 0 Å². The number of likely N-dealkylation sites (tertiary alicyclic amines) is 1. The fraction of sp³-hybridized carbons (Fsp3) is 0.462. The number of hydrogen-bond donors (Lipinski definition) is 0. The molecule has 5 rings (SSSR count). The lowest BCUT2D eigenvalue weighted by atomic mass is 9.51. The maximum Gasteiger partial charge on any atom is 0.254 e. The molecule has 156 valence electrons. The maximum absolute atomic E-state index is 13.6. The summed E-state index contributed by atoms with van der Waals surface area (Å²) in [6.45, 7) is 9.94. The van der Waals surface area contributed by atoms with E-state index < -0.39 is 0 Å². The summed E-state index contributed by atoms with van der Waals surface area (Å²) in [5.74, 6) is 1.11. The van der Waals surface area contributed by atoms with Crippen molar-refractivity contribution < 1.29 is 9.53 Å². The summed E-state index contributed by atoms with van der Waals surface area (Å²) in [5.41, 5.74) is 6.83. The number of aliphatic imine (C=N–C) groups is 1. The summed E-state index contributed by atoms with van der Waals surface area (Å²) in [6, 6.07) is 10.7. The summed E-state index contributed by atoms with van der Waals surface area (Å²) in [7, 11) is 1.75. The number of aryl methyl sites for hydroxylation is 1. The number of fused-ring (bicyclic) bond motifs is 5. The third-order valence-corrected chi connectivity index (χ3v) is 8.24. The Kier molecular flexibility index (Phi) is 4.15. The van der Waals surface area contributed by atoms with Crippen LogP contribution in [0.1, 0.15) is 59.8 Å². The van der Waals surface area contributed by atoms with E-state index in [1.807, 2.05) is 24.4 Å². The minimum atomic E-state index is -0.0337. The average Bonchev–Trinajstić information content (AvgIpc) is 3.18. The molecule has 2 aromatic carbocycles. The number of piperidine rings is 1. The van der Waals surface area contributed by atoms with Crippen molar-refractivity contribution in [1.82, 2.24) is 4.90 Å². The summed E-state index contributed by atoms with van der Waals surface area (Å²) < 4.78 is 5.64. The molecular formula is C26H30N2O2. The van der Waals surface area contributed by atoms with Gasteiger partial charge in [-0.15, -0.1) is 0 Å². The van der Waals surface area contributed by atoms with Gasteiger partial charge in [0.15, 0.2) is 0 Å². The first-order valence-corrected chi connectivity index (χ1v) is 10.9. The Hall–Kier alpha value is -2.62. The number of benzene rings is 2. The lowest BCUT2D eigenvalue weighted by molar-refractivity contribution is -0.0263. The fourth-order valence-corrected chi connectivity index (χ4v) is 5.94. The third-order valence-electron chi connectivity index (χ3n) is 8.24. The number of carbonyl (C=O) groups is 1. The van der Waals surface area contributed by atoms with Crippen molar-refractivity contribution in [2.24, 2.45) is 10.4 Å². The molecule has 3 aliphatic rings. The van der Waals surface area contributed by atoms with E-state index in [0.29, 0.717) is 0 Å². The molecule has 0 N–H and O–H groups in total. The molecule has 2 aliphatic heterocycles. The molecule has 2 bridgehead atoms. The molecule has 0 spiro atoms. The van der Waals surface area contributed by atoms with Crippen LogP contribution in [0.2, 0.25) is 0 Å². The van der Waals surface area contributed by atoms with Crippen LogP contribution in [0.3, 0.4) is 0 Å². The van der Waals surface area contributed by atoms with Crippen molar-refractivity contribution in [3.8, 4) is 5.75 Å². The van der Waals surface area contributed by atoms with Crippen molar-refractivity contribution in [1.29, 1.82) is 0 Å². The molecule has 1 amide bonds. The first-order valence-electron chi connectivity index (χ1n) is 10.9. The van der Waals surface area contributed by atoms with Crippen LogP contribution in [-0.4, -0.2) is 36.7 Å². The van der Waals surface area contributed by atoms with E-state index >= 15 is 0 Å². The normalized spacial score (nSPS) is 25.6. The van der Waals surface area contributed by atoms with E-state index in [9.17, 15) is 4.79 Å². The topological polar surface area (TPSA) is 41.9 Å². The second-order valence-corrected chi connectivity index (χ2v) is 9.86. The Bertz CT molecular complexity index is 1080. The second kappa shape index (κ2) is 6.44. The van der Waals surface area contributed by atoms with Crippen LogP contribution in [0.15, 0.2) is 35.3 Å². The van der Waals surface area contributed by atoms with Gasteiger partial charge in [-0.3, -0.25) is 9.79 Å². The Morgan fingerprint density at radius 3 is 2.73 bits per heavy atom. The highest BCUT2D eigenvalue weighted by Gasteiger charge is 2.57. The quantitative estimate of drug-likeness (QED) is 0.708. The predicted molar refractivity (Wildman–Crippen MR) is 120 cm³/mol. The highest BCUT2D eigenvalue weighted by atomic mass is 16.5. The van der Waals surface area contributed by atoms with E-state index in [1.165, 1.54) is 11.1 Å². The summed E-state index contributed by atoms with van der Waals surface area (Å²) in [5, 5.41) is 0. The zero-order valence-electron chi connectivity index (χ0n) is 18.6. The minimum absolute atomic E-state index is 0.00872. The van der Waals surface area contributed by atoms with Gasteiger partial charge in [0, 0.05) is 36.2 Å². The van der Waals surface area contributed by atoms with Crippen molar-refractivity contribution >= 4 is 17.8 Å². The number of methoxy groups -OCH3 is 1. The van der Waals surface area contributed by atoms with Crippen LogP contribution >= 0.6 is 0 Å². The Labute approximate surface area is 179 Å². The number of carbonyl (C=O) groups excluding carboxylic acids is 1. The van der Waals surface area contributed by atoms with Crippen molar-refractivity contribution in [2.45, 2.75) is 58.4 Å². The van der Waals surface area contributed by atoms with Crippen LogP contribution in [0.5, 0.6) is 5.75 Å². The van der Waals surface area contributed by atoms with Gasteiger partial charge in [0.1, 0.15) is 5.75 Å². The number of nitrogens with zero attached hydrogens (tertiary/aromatic N) is 2. The zero-order valence-corrected chi connectivity index (χ0v) is 18.6. The molecular weight excluding hydrogens is 372 g/mol. The molecule has 0 unspecified atom stereocenters. The molecule has 2 aromatic rings. The first-order chi connectivity index (χ1) is 14.3. The van der Waals surface area contributed by atoms with Crippen LogP contribution in [0.4, 0.5) is 5.69 Å². The van der Waals surface area contributed by atoms with Crippen molar-refractivity contribution in [3.05, 3.63) is 58.1 Å². The molecule has 1 fully saturated rings. The van der Waals surface area contributed by atoms with E-state index in [1.54, 1.807) is 7.11 Å². The van der Waals surface area contributed by atoms with Gasteiger partial charge in [-0.05, 0) is 71.7 Å². The van der Waals surface area contributed by atoms with Gasteiger partial charge < -0.3 is 9.64 Å². The standard InChI is InChI=1S/C26H30N2O2/c1-16-12-19-14-23-25(2,3)26(4,20(19)15-22(16)30-5)9-11-28(23)24(29)18-6-7-21-17(13-18)8-10-27-21/h6-7,10,12-13,15,23H,8-9,11,14H2,1-5H3/t23-,26+/m0/s1. The molecule has 4 nitrogen and oxygen atoms in total. The lowest BCUT2D eigenvalue weighted by Crippen LogP contribution is -2.64. The van der Waals surface area contributed by atoms with Gasteiger partial charge in [-0.2, -0.15) is 0 Å². The molecule has 30 heavy (non-hydrogen) atoms. The summed E-state index contributed by atoms with van der Waals surface area (Å²) in [6.07, 6.45) is 4.58. The highest BCUT2D eigenvalue weighted by molar-refractivity contribution is 5.96. The smallest absolute Gasteiger partial charge is 0.254 e. The van der Waals surface area contributed by atoms with Gasteiger partial charge >= 0.3 is 0 Å². The predicted octanol–water partition coefficient (Wildman–Crippen LogP) is 5.02. The molecule has 4 heteroatoms. The molecule has 1 aliphatic carbocycles. The van der Waals surface area contributed by atoms with Gasteiger partial charge in [-0.1, -0.05) is 26.8 Å². The fourth-order valence-electron chi connectivity index (χ4n) is 5.94. The minimum Gasteiger partial charge on any atom is -0.496 e. The van der Waals surface area contributed by atoms with Crippen LogP contribution in [-0.2, 0) is 18.3 Å². The Morgan fingerprint density at radius 2 is 1.97 bits per heavy atom.